The summed E-state index contributed by atoms with van der Waals surface area (Å²) in [5.74, 6) is -0.00542. The largest absolute Gasteiger partial charge is 0.506 e. The van der Waals surface area contributed by atoms with Crippen LogP contribution in [0, 0.1) is 5.92 Å². The Hall–Kier alpha value is -1.22. The number of hydrogen-bond donors (Lipinski definition) is 2. The Kier molecular flexibility index (Phi) is 5.99. The van der Waals surface area contributed by atoms with Gasteiger partial charge in [0.2, 0.25) is 5.91 Å². The number of carbonyl (C=O) groups is 1. The molecule has 0 heterocycles. The second kappa shape index (κ2) is 7.27. The summed E-state index contributed by atoms with van der Waals surface area (Å²) in [6.45, 7) is 4.12. The SMILES string of the molecule is CCCC(CCC)C(=O)Nc1cc(Cl)ccc1O. The number of rotatable bonds is 6. The molecule has 1 rings (SSSR count). The van der Waals surface area contributed by atoms with Gasteiger partial charge in [0.05, 0.1) is 5.69 Å². The van der Waals surface area contributed by atoms with Crippen molar-refractivity contribution >= 4 is 23.2 Å². The Morgan fingerprint density at radius 3 is 2.50 bits per heavy atom. The number of phenols is 1. The lowest BCUT2D eigenvalue weighted by molar-refractivity contribution is -0.120. The number of carbonyl (C=O) groups excluding carboxylic acids is 1. The minimum absolute atomic E-state index is 0.00150. The fraction of sp³-hybridized carbons (Fsp3) is 0.500. The van der Waals surface area contributed by atoms with Crippen molar-refractivity contribution in [3.8, 4) is 5.75 Å². The third-order valence-electron chi connectivity index (χ3n) is 2.86. The van der Waals surface area contributed by atoms with Crippen molar-refractivity contribution in [1.29, 1.82) is 0 Å². The van der Waals surface area contributed by atoms with E-state index in [-0.39, 0.29) is 17.6 Å². The normalized spacial score (nSPS) is 10.7. The summed E-state index contributed by atoms with van der Waals surface area (Å²) in [5.41, 5.74) is 0.379. The summed E-state index contributed by atoms with van der Waals surface area (Å²) < 4.78 is 0. The smallest absolute Gasteiger partial charge is 0.227 e. The molecule has 0 saturated carbocycles. The molecule has 3 nitrogen and oxygen atoms in total. The molecule has 0 radical (unpaired) electrons. The molecule has 0 aliphatic heterocycles. The van der Waals surface area contributed by atoms with E-state index in [1.807, 2.05) is 0 Å². The van der Waals surface area contributed by atoms with E-state index < -0.39 is 0 Å². The maximum Gasteiger partial charge on any atom is 0.227 e. The van der Waals surface area contributed by atoms with Crippen LogP contribution in [0.3, 0.4) is 0 Å². The van der Waals surface area contributed by atoms with Crippen molar-refractivity contribution in [2.45, 2.75) is 39.5 Å². The van der Waals surface area contributed by atoms with E-state index >= 15 is 0 Å². The Labute approximate surface area is 113 Å². The van der Waals surface area contributed by atoms with Gasteiger partial charge < -0.3 is 10.4 Å². The predicted molar refractivity (Wildman–Crippen MR) is 75.1 cm³/mol. The monoisotopic (exact) mass is 269 g/mol. The standard InChI is InChI=1S/C14H20ClNO2/c1-3-5-10(6-4-2)14(18)16-12-9-11(15)7-8-13(12)17/h7-10,17H,3-6H2,1-2H3,(H,16,18). The van der Waals surface area contributed by atoms with Crippen molar-refractivity contribution in [1.82, 2.24) is 0 Å². The molecule has 4 heteroatoms. The number of anilines is 1. The second-order valence-corrected chi connectivity index (χ2v) is 4.86. The first-order valence-corrected chi connectivity index (χ1v) is 6.75. The average Bonchev–Trinajstić information content (AvgIpc) is 2.33. The first kappa shape index (κ1) is 14.8. The summed E-state index contributed by atoms with van der Waals surface area (Å²) in [6.07, 6.45) is 3.67. The Balaban J connectivity index is 2.75. The van der Waals surface area contributed by atoms with Crippen LogP contribution in [-0.2, 0) is 4.79 Å². The molecule has 0 spiro atoms. The van der Waals surface area contributed by atoms with Crippen LogP contribution in [0.15, 0.2) is 18.2 Å². The molecule has 0 unspecified atom stereocenters. The number of phenolic OH excluding ortho intramolecular Hbond substituents is 1. The summed E-state index contributed by atoms with van der Waals surface area (Å²) in [6, 6.07) is 4.62. The van der Waals surface area contributed by atoms with Gasteiger partial charge in [-0.25, -0.2) is 0 Å². The Morgan fingerprint density at radius 2 is 1.94 bits per heavy atom. The van der Waals surface area contributed by atoms with Gasteiger partial charge in [-0.1, -0.05) is 38.3 Å². The van der Waals surface area contributed by atoms with Crippen molar-refractivity contribution in [2.75, 3.05) is 5.32 Å². The number of benzene rings is 1. The van der Waals surface area contributed by atoms with Gasteiger partial charge in [0.25, 0.3) is 0 Å². The van der Waals surface area contributed by atoms with Crippen molar-refractivity contribution in [3.63, 3.8) is 0 Å². The topological polar surface area (TPSA) is 49.3 Å². The first-order chi connectivity index (χ1) is 8.58. The average molecular weight is 270 g/mol. The molecular weight excluding hydrogens is 250 g/mol. The number of halogens is 1. The van der Waals surface area contributed by atoms with E-state index in [2.05, 4.69) is 19.2 Å². The molecule has 1 aromatic carbocycles. The Morgan fingerprint density at radius 1 is 1.33 bits per heavy atom. The fourth-order valence-corrected chi connectivity index (χ4v) is 2.12. The predicted octanol–water partition coefficient (Wildman–Crippen LogP) is 4.20. The van der Waals surface area contributed by atoms with Gasteiger partial charge in [-0.3, -0.25) is 4.79 Å². The highest BCUT2D eigenvalue weighted by atomic mass is 35.5. The summed E-state index contributed by atoms with van der Waals surface area (Å²) in [5, 5.41) is 12.9. The summed E-state index contributed by atoms with van der Waals surface area (Å²) >= 11 is 5.84. The maximum atomic E-state index is 12.1. The zero-order chi connectivity index (χ0) is 13.5. The van der Waals surface area contributed by atoms with Crippen molar-refractivity contribution in [3.05, 3.63) is 23.2 Å². The van der Waals surface area contributed by atoms with E-state index in [9.17, 15) is 9.90 Å². The van der Waals surface area contributed by atoms with E-state index in [1.165, 1.54) is 6.07 Å². The van der Waals surface area contributed by atoms with Crippen LogP contribution in [0.5, 0.6) is 5.75 Å². The van der Waals surface area contributed by atoms with Crippen molar-refractivity contribution in [2.24, 2.45) is 5.92 Å². The van der Waals surface area contributed by atoms with E-state index in [0.29, 0.717) is 10.7 Å². The molecule has 0 saturated heterocycles. The lowest BCUT2D eigenvalue weighted by atomic mass is 9.97. The van der Waals surface area contributed by atoms with Gasteiger partial charge in [0.1, 0.15) is 5.75 Å². The molecular formula is C14H20ClNO2. The van der Waals surface area contributed by atoms with Crippen LogP contribution >= 0.6 is 11.6 Å². The molecule has 0 aliphatic carbocycles. The molecule has 0 aromatic heterocycles. The number of amides is 1. The number of nitrogens with one attached hydrogen (secondary N) is 1. The van der Waals surface area contributed by atoms with Gasteiger partial charge in [-0.2, -0.15) is 0 Å². The van der Waals surface area contributed by atoms with E-state index in [4.69, 9.17) is 11.6 Å². The van der Waals surface area contributed by atoms with Crippen LogP contribution in [0.25, 0.3) is 0 Å². The van der Waals surface area contributed by atoms with Gasteiger partial charge in [0, 0.05) is 10.9 Å². The highest BCUT2D eigenvalue weighted by Gasteiger charge is 2.17. The van der Waals surface area contributed by atoms with E-state index in [0.717, 1.165) is 25.7 Å². The van der Waals surface area contributed by atoms with Crippen LogP contribution in [-0.4, -0.2) is 11.0 Å². The maximum absolute atomic E-state index is 12.1. The molecule has 18 heavy (non-hydrogen) atoms. The highest BCUT2D eigenvalue weighted by Crippen LogP contribution is 2.27. The zero-order valence-corrected chi connectivity index (χ0v) is 11.6. The lowest BCUT2D eigenvalue weighted by Crippen LogP contribution is -2.22. The molecule has 0 bridgehead atoms. The first-order valence-electron chi connectivity index (χ1n) is 6.37. The van der Waals surface area contributed by atoms with Crippen molar-refractivity contribution < 1.29 is 9.90 Å². The lowest BCUT2D eigenvalue weighted by Gasteiger charge is -2.16. The zero-order valence-electron chi connectivity index (χ0n) is 10.9. The minimum atomic E-state index is -0.0451. The molecule has 1 amide bonds. The number of aromatic hydroxyl groups is 1. The van der Waals surface area contributed by atoms with Gasteiger partial charge in [-0.15, -0.1) is 0 Å². The highest BCUT2D eigenvalue weighted by molar-refractivity contribution is 6.31. The third kappa shape index (κ3) is 4.22. The second-order valence-electron chi connectivity index (χ2n) is 4.42. The van der Waals surface area contributed by atoms with Gasteiger partial charge >= 0.3 is 0 Å². The fourth-order valence-electron chi connectivity index (χ4n) is 1.95. The summed E-state index contributed by atoms with van der Waals surface area (Å²) in [7, 11) is 0. The summed E-state index contributed by atoms with van der Waals surface area (Å²) in [4.78, 5) is 12.1. The Bertz CT molecular complexity index is 401. The molecule has 1 aromatic rings. The molecule has 0 atom stereocenters. The van der Waals surface area contributed by atoms with Crippen LogP contribution < -0.4 is 5.32 Å². The molecule has 2 N–H and O–H groups in total. The van der Waals surface area contributed by atoms with E-state index in [1.54, 1.807) is 12.1 Å². The molecule has 100 valence electrons. The third-order valence-corrected chi connectivity index (χ3v) is 3.10. The van der Waals surface area contributed by atoms with Crippen LogP contribution in [0.4, 0.5) is 5.69 Å². The van der Waals surface area contributed by atoms with Crippen LogP contribution in [0.1, 0.15) is 39.5 Å². The number of hydrogen-bond acceptors (Lipinski definition) is 2. The van der Waals surface area contributed by atoms with Crippen LogP contribution in [0.2, 0.25) is 5.02 Å². The molecule has 0 aliphatic rings. The minimum Gasteiger partial charge on any atom is -0.506 e. The molecule has 0 fully saturated rings. The quantitative estimate of drug-likeness (QED) is 0.761. The van der Waals surface area contributed by atoms with Gasteiger partial charge in [0.15, 0.2) is 0 Å². The van der Waals surface area contributed by atoms with Gasteiger partial charge in [-0.05, 0) is 31.0 Å².